The third-order valence-corrected chi connectivity index (χ3v) is 4.32. The number of halogens is 2. The minimum absolute atomic E-state index is 0.191. The van der Waals surface area contributed by atoms with E-state index in [1.54, 1.807) is 12.1 Å². The van der Waals surface area contributed by atoms with Gasteiger partial charge in [0.1, 0.15) is 5.82 Å². The molecule has 2 aliphatic rings. The summed E-state index contributed by atoms with van der Waals surface area (Å²) in [5.41, 5.74) is 0.865. The van der Waals surface area contributed by atoms with Crippen molar-refractivity contribution in [3.63, 3.8) is 0 Å². The molecule has 0 bridgehead atoms. The van der Waals surface area contributed by atoms with Gasteiger partial charge >= 0.3 is 0 Å². The molecule has 1 aromatic rings. The first-order chi connectivity index (χ1) is 7.74. The van der Waals surface area contributed by atoms with Crippen LogP contribution in [0.2, 0.25) is 0 Å². The van der Waals surface area contributed by atoms with Gasteiger partial charge in [-0.1, -0.05) is 12.2 Å². The van der Waals surface area contributed by atoms with Crippen molar-refractivity contribution in [1.82, 2.24) is 0 Å². The fourth-order valence-corrected chi connectivity index (χ4v) is 3.05. The molecule has 0 spiro atoms. The normalized spacial score (nSPS) is 31.0. The largest absolute Gasteiger partial charge is 0.381 e. The predicted octanol–water partition coefficient (Wildman–Crippen LogP) is 3.96. The Morgan fingerprint density at radius 2 is 2.25 bits per heavy atom. The van der Waals surface area contributed by atoms with Gasteiger partial charge in [-0.3, -0.25) is 0 Å². The highest BCUT2D eigenvalue weighted by atomic mass is 79.9. The molecule has 0 saturated heterocycles. The molecular formula is C13H13BrFN. The molecule has 16 heavy (non-hydrogen) atoms. The number of fused-ring (bicyclic) bond motifs is 1. The van der Waals surface area contributed by atoms with Gasteiger partial charge in [-0.15, -0.1) is 0 Å². The highest BCUT2D eigenvalue weighted by Crippen LogP contribution is 2.44. The molecule has 0 amide bonds. The van der Waals surface area contributed by atoms with E-state index in [4.69, 9.17) is 0 Å². The standard InChI is InChI=1S/C13H13BrFN/c14-11-5-4-9(15)7-13(11)16-12-6-8-2-1-3-10(8)12/h1,3-5,7-8,10,12,16H,2,6H2. The van der Waals surface area contributed by atoms with Crippen LogP contribution in [0.5, 0.6) is 0 Å². The summed E-state index contributed by atoms with van der Waals surface area (Å²) in [7, 11) is 0. The summed E-state index contributed by atoms with van der Waals surface area (Å²) in [5.74, 6) is 1.28. The zero-order valence-corrected chi connectivity index (χ0v) is 10.4. The zero-order chi connectivity index (χ0) is 11.1. The summed E-state index contributed by atoms with van der Waals surface area (Å²) in [6.07, 6.45) is 6.96. The minimum atomic E-state index is -0.191. The maximum Gasteiger partial charge on any atom is 0.125 e. The maximum absolute atomic E-state index is 13.1. The van der Waals surface area contributed by atoms with Crippen molar-refractivity contribution < 1.29 is 4.39 Å². The summed E-state index contributed by atoms with van der Waals surface area (Å²) in [5, 5.41) is 3.42. The number of benzene rings is 1. The van der Waals surface area contributed by atoms with Crippen LogP contribution < -0.4 is 5.32 Å². The number of rotatable bonds is 2. The highest BCUT2D eigenvalue weighted by molar-refractivity contribution is 9.10. The topological polar surface area (TPSA) is 12.0 Å². The van der Waals surface area contributed by atoms with Gasteiger partial charge in [-0.2, -0.15) is 0 Å². The fourth-order valence-electron chi connectivity index (χ4n) is 2.69. The lowest BCUT2D eigenvalue weighted by Crippen LogP contribution is -2.43. The van der Waals surface area contributed by atoms with E-state index in [-0.39, 0.29) is 5.82 Å². The van der Waals surface area contributed by atoms with Gasteiger partial charge in [-0.05, 0) is 52.9 Å². The van der Waals surface area contributed by atoms with Crippen LogP contribution in [-0.4, -0.2) is 6.04 Å². The third-order valence-electron chi connectivity index (χ3n) is 3.63. The van der Waals surface area contributed by atoms with E-state index in [0.29, 0.717) is 12.0 Å². The Morgan fingerprint density at radius 1 is 1.38 bits per heavy atom. The molecule has 3 atom stereocenters. The average molecular weight is 282 g/mol. The van der Waals surface area contributed by atoms with Crippen molar-refractivity contribution in [2.24, 2.45) is 11.8 Å². The van der Waals surface area contributed by atoms with Crippen LogP contribution in [0.25, 0.3) is 0 Å². The predicted molar refractivity (Wildman–Crippen MR) is 66.9 cm³/mol. The molecule has 1 aromatic carbocycles. The first kappa shape index (κ1) is 10.3. The van der Waals surface area contributed by atoms with Gasteiger partial charge in [0, 0.05) is 16.4 Å². The quantitative estimate of drug-likeness (QED) is 0.809. The molecule has 1 nitrogen and oxygen atoms in total. The Balaban J connectivity index is 1.75. The SMILES string of the molecule is Fc1ccc(Br)c(NC2CC3CC=CC32)c1. The van der Waals surface area contributed by atoms with Crippen molar-refractivity contribution in [1.29, 1.82) is 0 Å². The smallest absolute Gasteiger partial charge is 0.125 e. The number of anilines is 1. The molecule has 0 aromatic heterocycles. The van der Waals surface area contributed by atoms with Gasteiger partial charge in [-0.25, -0.2) is 4.39 Å². The molecule has 1 saturated carbocycles. The van der Waals surface area contributed by atoms with E-state index in [1.165, 1.54) is 18.9 Å². The number of hydrogen-bond donors (Lipinski definition) is 1. The van der Waals surface area contributed by atoms with Crippen molar-refractivity contribution in [3.8, 4) is 0 Å². The lowest BCUT2D eigenvalue weighted by molar-refractivity contribution is 0.218. The van der Waals surface area contributed by atoms with Crippen LogP contribution >= 0.6 is 15.9 Å². The Hall–Kier alpha value is -0.830. The van der Waals surface area contributed by atoms with Crippen molar-refractivity contribution in [3.05, 3.63) is 40.6 Å². The first-order valence-corrected chi connectivity index (χ1v) is 6.41. The number of hydrogen-bond acceptors (Lipinski definition) is 1. The highest BCUT2D eigenvalue weighted by Gasteiger charge is 2.41. The Kier molecular flexibility index (Phi) is 2.51. The van der Waals surface area contributed by atoms with Gasteiger partial charge in [0.05, 0.1) is 5.69 Å². The zero-order valence-electron chi connectivity index (χ0n) is 8.79. The lowest BCUT2D eigenvalue weighted by Gasteiger charge is -2.41. The van der Waals surface area contributed by atoms with Crippen LogP contribution in [0.4, 0.5) is 10.1 Å². The summed E-state index contributed by atoms with van der Waals surface area (Å²) in [6.45, 7) is 0. The molecule has 3 heteroatoms. The number of nitrogens with one attached hydrogen (secondary N) is 1. The second kappa shape index (κ2) is 3.88. The molecule has 0 aliphatic heterocycles. The van der Waals surface area contributed by atoms with E-state index in [1.807, 2.05) is 0 Å². The van der Waals surface area contributed by atoms with Crippen molar-refractivity contribution in [2.75, 3.05) is 5.32 Å². The van der Waals surface area contributed by atoms with E-state index in [9.17, 15) is 4.39 Å². The lowest BCUT2D eigenvalue weighted by atomic mass is 9.71. The van der Waals surface area contributed by atoms with E-state index >= 15 is 0 Å². The van der Waals surface area contributed by atoms with Crippen LogP contribution in [0.1, 0.15) is 12.8 Å². The van der Waals surface area contributed by atoms with E-state index in [2.05, 4.69) is 33.4 Å². The summed E-state index contributed by atoms with van der Waals surface area (Å²) in [4.78, 5) is 0. The molecule has 0 heterocycles. The molecule has 1 fully saturated rings. The molecule has 84 valence electrons. The molecule has 0 radical (unpaired) electrons. The summed E-state index contributed by atoms with van der Waals surface area (Å²) >= 11 is 3.44. The monoisotopic (exact) mass is 281 g/mol. The second-order valence-corrected chi connectivity index (χ2v) is 5.47. The molecule has 2 aliphatic carbocycles. The Labute approximate surface area is 103 Å². The third kappa shape index (κ3) is 1.67. The van der Waals surface area contributed by atoms with Gasteiger partial charge in [0.25, 0.3) is 0 Å². The van der Waals surface area contributed by atoms with Crippen molar-refractivity contribution in [2.45, 2.75) is 18.9 Å². The average Bonchev–Trinajstić information content (AvgIpc) is 2.61. The van der Waals surface area contributed by atoms with Gasteiger partial charge < -0.3 is 5.32 Å². The van der Waals surface area contributed by atoms with E-state index < -0.39 is 0 Å². The van der Waals surface area contributed by atoms with Gasteiger partial charge in [0.2, 0.25) is 0 Å². The van der Waals surface area contributed by atoms with Gasteiger partial charge in [0.15, 0.2) is 0 Å². The van der Waals surface area contributed by atoms with Crippen LogP contribution in [-0.2, 0) is 0 Å². The van der Waals surface area contributed by atoms with E-state index in [0.717, 1.165) is 16.1 Å². The van der Waals surface area contributed by atoms with Crippen LogP contribution in [0, 0.1) is 17.7 Å². The maximum atomic E-state index is 13.1. The Bertz CT molecular complexity index is 444. The first-order valence-electron chi connectivity index (χ1n) is 5.62. The summed E-state index contributed by atoms with van der Waals surface area (Å²) in [6, 6.07) is 5.24. The number of allylic oxidation sites excluding steroid dienone is 1. The molecule has 1 N–H and O–H groups in total. The molecular weight excluding hydrogens is 269 g/mol. The second-order valence-electron chi connectivity index (χ2n) is 4.61. The minimum Gasteiger partial charge on any atom is -0.381 e. The summed E-state index contributed by atoms with van der Waals surface area (Å²) < 4.78 is 14.0. The van der Waals surface area contributed by atoms with Crippen LogP contribution in [0.3, 0.4) is 0 Å². The molecule has 3 unspecified atom stereocenters. The fraction of sp³-hybridized carbons (Fsp3) is 0.385. The van der Waals surface area contributed by atoms with Crippen LogP contribution in [0.15, 0.2) is 34.8 Å². The van der Waals surface area contributed by atoms with Crippen molar-refractivity contribution >= 4 is 21.6 Å². The molecule has 3 rings (SSSR count). The Morgan fingerprint density at radius 3 is 3.06 bits per heavy atom.